The first-order valence-corrected chi connectivity index (χ1v) is 7.81. The van der Waals surface area contributed by atoms with Gasteiger partial charge < -0.3 is 16.2 Å². The number of rotatable bonds is 4. The molecule has 0 amide bonds. The third-order valence-electron chi connectivity index (χ3n) is 3.64. The maximum atomic E-state index is 11.2. The van der Waals surface area contributed by atoms with Gasteiger partial charge in [-0.3, -0.25) is 0 Å². The van der Waals surface area contributed by atoms with Crippen LogP contribution >= 0.6 is 11.8 Å². The van der Waals surface area contributed by atoms with Crippen LogP contribution in [0.25, 0.3) is 0 Å². The topological polar surface area (TPSA) is 75.3 Å². The lowest BCUT2D eigenvalue weighted by Gasteiger charge is -2.29. The van der Waals surface area contributed by atoms with Gasteiger partial charge in [-0.1, -0.05) is 0 Å². The molecule has 0 atom stereocenters. The number of carboxylic acid groups (broad SMARTS) is 1. The lowest BCUT2D eigenvalue weighted by atomic mass is 9.94. The van der Waals surface area contributed by atoms with Crippen molar-refractivity contribution in [2.24, 2.45) is 0 Å². The molecule has 19 heavy (non-hydrogen) atoms. The summed E-state index contributed by atoms with van der Waals surface area (Å²) in [5, 5.41) is 13.3. The van der Waals surface area contributed by atoms with Gasteiger partial charge in [0.05, 0.1) is 11.3 Å². The number of hydrogen-bond donors (Lipinski definition) is 3. The molecule has 1 saturated carbocycles. The van der Waals surface area contributed by atoms with Crippen LogP contribution in [0.5, 0.6) is 0 Å². The molecule has 0 bridgehead atoms. The smallest absolute Gasteiger partial charge is 0.337 e. The lowest BCUT2D eigenvalue weighted by Crippen LogP contribution is -2.27. The standard InChI is InChI=1S/C14H20N2O2S/c1-19-11-5-3-10(4-6-11)16-13-8-9(15)2-7-12(13)14(17)18/h2,7-8,10-11,16H,3-6,15H2,1H3,(H,17,18). The summed E-state index contributed by atoms with van der Waals surface area (Å²) in [6, 6.07) is 5.25. The number of nitrogens with two attached hydrogens (primary N) is 1. The van der Waals surface area contributed by atoms with Gasteiger partial charge in [0.15, 0.2) is 0 Å². The van der Waals surface area contributed by atoms with E-state index < -0.39 is 5.97 Å². The average Bonchev–Trinajstić information content (AvgIpc) is 2.39. The summed E-state index contributed by atoms with van der Waals surface area (Å²) in [5.74, 6) is -0.916. The van der Waals surface area contributed by atoms with E-state index in [4.69, 9.17) is 5.73 Å². The van der Waals surface area contributed by atoms with E-state index in [0.29, 0.717) is 23.0 Å². The van der Waals surface area contributed by atoms with Gasteiger partial charge in [-0.15, -0.1) is 0 Å². The summed E-state index contributed by atoms with van der Waals surface area (Å²) < 4.78 is 0. The highest BCUT2D eigenvalue weighted by atomic mass is 32.2. The van der Waals surface area contributed by atoms with Crippen molar-refractivity contribution < 1.29 is 9.90 Å². The quantitative estimate of drug-likeness (QED) is 0.739. The predicted octanol–water partition coefficient (Wildman–Crippen LogP) is 3.05. The van der Waals surface area contributed by atoms with E-state index in [0.717, 1.165) is 18.1 Å². The molecule has 0 aliphatic heterocycles. The Morgan fingerprint density at radius 1 is 1.37 bits per heavy atom. The van der Waals surface area contributed by atoms with Crippen LogP contribution in [0, 0.1) is 0 Å². The summed E-state index contributed by atoms with van der Waals surface area (Å²) in [5.41, 5.74) is 7.26. The van der Waals surface area contributed by atoms with Gasteiger partial charge in [-0.25, -0.2) is 4.79 Å². The largest absolute Gasteiger partial charge is 0.478 e. The van der Waals surface area contributed by atoms with Crippen LogP contribution in [0.1, 0.15) is 36.0 Å². The Kier molecular flexibility index (Phi) is 4.58. The van der Waals surface area contributed by atoms with Crippen molar-refractivity contribution in [3.05, 3.63) is 23.8 Å². The summed E-state index contributed by atoms with van der Waals surface area (Å²) in [4.78, 5) is 11.2. The van der Waals surface area contributed by atoms with Crippen LogP contribution in [0.15, 0.2) is 18.2 Å². The van der Waals surface area contributed by atoms with Gasteiger partial charge in [0.25, 0.3) is 0 Å². The fourth-order valence-electron chi connectivity index (χ4n) is 2.53. The zero-order chi connectivity index (χ0) is 13.8. The summed E-state index contributed by atoms with van der Waals surface area (Å²) in [7, 11) is 0. The lowest BCUT2D eigenvalue weighted by molar-refractivity contribution is 0.0698. The molecule has 0 radical (unpaired) electrons. The van der Waals surface area contributed by atoms with Gasteiger partial charge in [-0.2, -0.15) is 11.8 Å². The molecule has 0 spiro atoms. The van der Waals surface area contributed by atoms with Gasteiger partial charge in [0.1, 0.15) is 0 Å². The van der Waals surface area contributed by atoms with Gasteiger partial charge in [0, 0.05) is 17.0 Å². The molecule has 0 heterocycles. The number of aromatic carboxylic acids is 1. The molecular weight excluding hydrogens is 260 g/mol. The molecule has 2 rings (SSSR count). The minimum Gasteiger partial charge on any atom is -0.478 e. The van der Waals surface area contributed by atoms with Gasteiger partial charge >= 0.3 is 5.97 Å². The average molecular weight is 280 g/mol. The Labute approximate surface area is 117 Å². The Hall–Kier alpha value is -1.36. The summed E-state index contributed by atoms with van der Waals surface area (Å²) in [6.07, 6.45) is 6.69. The van der Waals surface area contributed by atoms with Crippen molar-refractivity contribution in [1.29, 1.82) is 0 Å². The van der Waals surface area contributed by atoms with Crippen molar-refractivity contribution >= 4 is 29.1 Å². The van der Waals surface area contributed by atoms with Gasteiger partial charge in [0.2, 0.25) is 0 Å². The van der Waals surface area contributed by atoms with Crippen LogP contribution in [0.3, 0.4) is 0 Å². The first kappa shape index (κ1) is 14.1. The van der Waals surface area contributed by atoms with E-state index in [2.05, 4.69) is 11.6 Å². The molecule has 1 aliphatic carbocycles. The van der Waals surface area contributed by atoms with E-state index in [9.17, 15) is 9.90 Å². The van der Waals surface area contributed by atoms with Crippen molar-refractivity contribution in [2.45, 2.75) is 37.0 Å². The van der Waals surface area contributed by atoms with E-state index in [1.807, 2.05) is 11.8 Å². The van der Waals surface area contributed by atoms with Crippen LogP contribution in [-0.2, 0) is 0 Å². The molecule has 1 aromatic carbocycles. The van der Waals surface area contributed by atoms with E-state index in [1.54, 1.807) is 18.2 Å². The number of carbonyl (C=O) groups is 1. The van der Waals surface area contributed by atoms with Crippen LogP contribution in [-0.4, -0.2) is 28.6 Å². The maximum Gasteiger partial charge on any atom is 0.337 e. The molecule has 0 aromatic heterocycles. The highest BCUT2D eigenvalue weighted by molar-refractivity contribution is 7.99. The number of carboxylic acids is 1. The first-order chi connectivity index (χ1) is 9.10. The van der Waals surface area contributed by atoms with Crippen LogP contribution < -0.4 is 11.1 Å². The number of anilines is 2. The third-order valence-corrected chi connectivity index (χ3v) is 4.78. The van der Waals surface area contributed by atoms with Crippen molar-refractivity contribution in [3.8, 4) is 0 Å². The number of nitrogens with one attached hydrogen (secondary N) is 1. The number of nitrogen functional groups attached to an aromatic ring is 1. The molecule has 0 saturated heterocycles. The first-order valence-electron chi connectivity index (χ1n) is 6.52. The fraction of sp³-hybridized carbons (Fsp3) is 0.500. The minimum atomic E-state index is -0.916. The molecule has 0 unspecified atom stereocenters. The zero-order valence-corrected chi connectivity index (χ0v) is 11.9. The van der Waals surface area contributed by atoms with Gasteiger partial charge in [-0.05, 0) is 50.1 Å². The second-order valence-corrected chi connectivity index (χ2v) is 6.10. The van der Waals surface area contributed by atoms with Crippen LogP contribution in [0.4, 0.5) is 11.4 Å². The molecule has 4 nitrogen and oxygen atoms in total. The normalized spacial score (nSPS) is 23.0. The van der Waals surface area contributed by atoms with Crippen molar-refractivity contribution in [2.75, 3.05) is 17.3 Å². The number of benzene rings is 1. The molecule has 4 N–H and O–H groups in total. The highest BCUT2D eigenvalue weighted by Gasteiger charge is 2.21. The maximum absolute atomic E-state index is 11.2. The van der Waals surface area contributed by atoms with Crippen molar-refractivity contribution in [3.63, 3.8) is 0 Å². The molecule has 104 valence electrons. The number of hydrogen-bond acceptors (Lipinski definition) is 4. The Morgan fingerprint density at radius 3 is 2.63 bits per heavy atom. The third kappa shape index (κ3) is 3.56. The minimum absolute atomic E-state index is 0.293. The highest BCUT2D eigenvalue weighted by Crippen LogP contribution is 2.30. The summed E-state index contributed by atoms with van der Waals surface area (Å²) in [6.45, 7) is 0. The Morgan fingerprint density at radius 2 is 2.05 bits per heavy atom. The fourth-order valence-corrected chi connectivity index (χ4v) is 3.27. The zero-order valence-electron chi connectivity index (χ0n) is 11.1. The van der Waals surface area contributed by atoms with Crippen molar-refractivity contribution in [1.82, 2.24) is 0 Å². The second-order valence-electron chi connectivity index (χ2n) is 4.96. The summed E-state index contributed by atoms with van der Waals surface area (Å²) >= 11 is 1.92. The molecule has 5 heteroatoms. The second kappa shape index (κ2) is 6.19. The van der Waals surface area contributed by atoms with E-state index in [1.165, 1.54) is 12.8 Å². The number of thioether (sulfide) groups is 1. The SMILES string of the molecule is CSC1CCC(Nc2cc(N)ccc2C(=O)O)CC1. The molecular formula is C14H20N2O2S. The Bertz CT molecular complexity index is 457. The Balaban J connectivity index is 2.06. The van der Waals surface area contributed by atoms with E-state index in [-0.39, 0.29) is 0 Å². The van der Waals surface area contributed by atoms with E-state index >= 15 is 0 Å². The molecule has 1 aromatic rings. The monoisotopic (exact) mass is 280 g/mol. The van der Waals surface area contributed by atoms with Crippen LogP contribution in [0.2, 0.25) is 0 Å². The molecule has 1 aliphatic rings. The predicted molar refractivity (Wildman–Crippen MR) is 81.0 cm³/mol. The molecule has 1 fully saturated rings.